The van der Waals surface area contributed by atoms with Crippen LogP contribution in [0, 0.1) is 0 Å². The molecule has 8 aromatic carbocycles. The number of nitrogens with zero attached hydrogens (tertiary/aromatic N) is 2. The van der Waals surface area contributed by atoms with Gasteiger partial charge in [0.1, 0.15) is 11.5 Å². The Morgan fingerprint density at radius 1 is 0.300 bits per heavy atom. The van der Waals surface area contributed by atoms with E-state index in [0.717, 1.165) is 56.8 Å². The molecule has 4 nitrogen and oxygen atoms in total. The summed E-state index contributed by atoms with van der Waals surface area (Å²) in [6.07, 6.45) is 0. The monoisotopic (exact) mass is 648 g/mol. The van der Waals surface area contributed by atoms with E-state index in [1.54, 1.807) is 14.2 Å². The SMILES string of the molecule is COc1ccc(N(c2ccc(-c3ccc(N(c4ccc(OC)cc4)c4ccc5ccccc5c4)cc3)cc2)c2ccc3ccccc3c2)cc1. The molecule has 4 heteroatoms. The lowest BCUT2D eigenvalue weighted by Gasteiger charge is -2.27. The van der Waals surface area contributed by atoms with Gasteiger partial charge < -0.3 is 19.3 Å². The van der Waals surface area contributed by atoms with Crippen LogP contribution in [0.3, 0.4) is 0 Å². The van der Waals surface area contributed by atoms with E-state index in [-0.39, 0.29) is 0 Å². The number of benzene rings is 8. The van der Waals surface area contributed by atoms with Gasteiger partial charge in [0.05, 0.1) is 14.2 Å². The van der Waals surface area contributed by atoms with Crippen molar-refractivity contribution in [2.24, 2.45) is 0 Å². The fraction of sp³-hybridized carbons (Fsp3) is 0.0435. The Bertz CT molecular complexity index is 2210. The molecule has 8 rings (SSSR count). The van der Waals surface area contributed by atoms with Gasteiger partial charge in [-0.3, -0.25) is 0 Å². The molecule has 0 atom stereocenters. The first kappa shape index (κ1) is 30.8. The molecule has 0 amide bonds. The highest BCUT2D eigenvalue weighted by atomic mass is 16.5. The summed E-state index contributed by atoms with van der Waals surface area (Å²) in [5.41, 5.74) is 8.76. The van der Waals surface area contributed by atoms with Crippen LogP contribution in [-0.4, -0.2) is 14.2 Å². The molecule has 0 fully saturated rings. The maximum Gasteiger partial charge on any atom is 0.119 e. The van der Waals surface area contributed by atoms with Crippen LogP contribution in [-0.2, 0) is 0 Å². The third kappa shape index (κ3) is 6.11. The molecule has 0 N–H and O–H groups in total. The Balaban J connectivity index is 1.13. The minimum Gasteiger partial charge on any atom is -0.497 e. The van der Waals surface area contributed by atoms with Gasteiger partial charge in [-0.05, 0) is 130 Å². The van der Waals surface area contributed by atoms with Gasteiger partial charge >= 0.3 is 0 Å². The van der Waals surface area contributed by atoms with Crippen LogP contribution in [0.5, 0.6) is 11.5 Å². The molecule has 0 heterocycles. The van der Waals surface area contributed by atoms with Crippen LogP contribution in [0.2, 0.25) is 0 Å². The molecule has 50 heavy (non-hydrogen) atoms. The van der Waals surface area contributed by atoms with Crippen molar-refractivity contribution in [1.29, 1.82) is 0 Å². The van der Waals surface area contributed by atoms with Gasteiger partial charge in [-0.25, -0.2) is 0 Å². The van der Waals surface area contributed by atoms with Gasteiger partial charge in [0.25, 0.3) is 0 Å². The second kappa shape index (κ2) is 13.5. The summed E-state index contributed by atoms with van der Waals surface area (Å²) < 4.78 is 10.9. The largest absolute Gasteiger partial charge is 0.497 e. The highest BCUT2D eigenvalue weighted by Crippen LogP contribution is 2.40. The summed E-state index contributed by atoms with van der Waals surface area (Å²) in [4.78, 5) is 4.57. The molecule has 0 aliphatic carbocycles. The van der Waals surface area contributed by atoms with E-state index in [1.807, 2.05) is 24.3 Å². The van der Waals surface area contributed by atoms with E-state index in [2.05, 4.69) is 168 Å². The van der Waals surface area contributed by atoms with Crippen molar-refractivity contribution in [1.82, 2.24) is 0 Å². The average molecular weight is 649 g/mol. The van der Waals surface area contributed by atoms with E-state index in [9.17, 15) is 0 Å². The van der Waals surface area contributed by atoms with Crippen LogP contribution < -0.4 is 19.3 Å². The molecule has 0 radical (unpaired) electrons. The Kier molecular flexibility index (Phi) is 8.34. The summed E-state index contributed by atoms with van der Waals surface area (Å²) in [7, 11) is 3.39. The zero-order valence-corrected chi connectivity index (χ0v) is 28.0. The van der Waals surface area contributed by atoms with E-state index >= 15 is 0 Å². The molecule has 0 aromatic heterocycles. The smallest absolute Gasteiger partial charge is 0.119 e. The lowest BCUT2D eigenvalue weighted by molar-refractivity contribution is 0.414. The molecule has 0 aliphatic heterocycles. The number of hydrogen-bond acceptors (Lipinski definition) is 4. The fourth-order valence-corrected chi connectivity index (χ4v) is 6.59. The zero-order chi connectivity index (χ0) is 33.9. The summed E-state index contributed by atoms with van der Waals surface area (Å²) in [5, 5.41) is 4.84. The molecule has 0 aliphatic rings. The van der Waals surface area contributed by atoms with Crippen molar-refractivity contribution >= 4 is 55.7 Å². The first-order chi connectivity index (χ1) is 24.7. The summed E-state index contributed by atoms with van der Waals surface area (Å²) >= 11 is 0. The average Bonchev–Trinajstić information content (AvgIpc) is 3.19. The fourth-order valence-electron chi connectivity index (χ4n) is 6.59. The predicted molar refractivity (Wildman–Crippen MR) is 209 cm³/mol. The van der Waals surface area contributed by atoms with Crippen LogP contribution in [0.25, 0.3) is 32.7 Å². The van der Waals surface area contributed by atoms with Gasteiger partial charge in [-0.2, -0.15) is 0 Å². The van der Waals surface area contributed by atoms with Crippen molar-refractivity contribution in [3.8, 4) is 22.6 Å². The molecule has 0 unspecified atom stereocenters. The van der Waals surface area contributed by atoms with Crippen molar-refractivity contribution < 1.29 is 9.47 Å². The predicted octanol–water partition coefficient (Wildman–Crippen LogP) is 12.6. The number of anilines is 6. The minimum atomic E-state index is 0.831. The van der Waals surface area contributed by atoms with Gasteiger partial charge in [-0.15, -0.1) is 0 Å². The molecule has 0 saturated heterocycles. The minimum absolute atomic E-state index is 0.831. The number of ether oxygens (including phenoxy) is 2. The maximum atomic E-state index is 5.46. The molecule has 242 valence electrons. The van der Waals surface area contributed by atoms with Crippen molar-refractivity contribution in [2.75, 3.05) is 24.0 Å². The van der Waals surface area contributed by atoms with Gasteiger partial charge in [0.15, 0.2) is 0 Å². The molecular formula is C46H36N2O2. The standard InChI is InChI=1S/C46H36N2O2/c1-49-45-27-23-41(24-28-45)47(43-21-15-33-7-3-5-9-37(33)31-43)39-17-11-35(12-18-39)36-13-19-40(20-14-36)48(42-25-29-46(50-2)30-26-42)44-22-16-34-8-4-6-10-38(34)32-44/h3-32H,1-2H3. The third-order valence-corrected chi connectivity index (χ3v) is 9.23. The lowest BCUT2D eigenvalue weighted by atomic mass is 10.0. The molecule has 8 aromatic rings. The topological polar surface area (TPSA) is 24.9 Å². The lowest BCUT2D eigenvalue weighted by Crippen LogP contribution is -2.10. The van der Waals surface area contributed by atoms with E-state index < -0.39 is 0 Å². The van der Waals surface area contributed by atoms with Crippen LogP contribution in [0.1, 0.15) is 0 Å². The van der Waals surface area contributed by atoms with Gasteiger partial charge in [0, 0.05) is 34.1 Å². The molecule has 0 spiro atoms. The number of hydrogen-bond donors (Lipinski definition) is 0. The molecular weight excluding hydrogens is 613 g/mol. The van der Waals surface area contributed by atoms with Crippen LogP contribution in [0.15, 0.2) is 182 Å². The Labute approximate surface area is 293 Å². The second-order valence-corrected chi connectivity index (χ2v) is 12.2. The van der Waals surface area contributed by atoms with Crippen molar-refractivity contribution in [3.63, 3.8) is 0 Å². The summed E-state index contributed by atoms with van der Waals surface area (Å²) in [6.45, 7) is 0. The second-order valence-electron chi connectivity index (χ2n) is 12.2. The Hall–Kier alpha value is -6.52. The highest BCUT2D eigenvalue weighted by molar-refractivity contribution is 5.91. The number of rotatable bonds is 9. The third-order valence-electron chi connectivity index (χ3n) is 9.23. The Morgan fingerprint density at radius 2 is 0.600 bits per heavy atom. The molecule has 0 saturated carbocycles. The Morgan fingerprint density at radius 3 is 0.940 bits per heavy atom. The molecule has 0 bridgehead atoms. The van der Waals surface area contributed by atoms with Crippen molar-refractivity contribution in [2.45, 2.75) is 0 Å². The maximum absolute atomic E-state index is 5.46. The quantitative estimate of drug-likeness (QED) is 0.155. The highest BCUT2D eigenvalue weighted by Gasteiger charge is 2.16. The van der Waals surface area contributed by atoms with Crippen LogP contribution in [0.4, 0.5) is 34.1 Å². The number of fused-ring (bicyclic) bond motifs is 2. The zero-order valence-electron chi connectivity index (χ0n) is 28.0. The van der Waals surface area contributed by atoms with E-state index in [1.165, 1.54) is 21.5 Å². The number of methoxy groups -OCH3 is 2. The van der Waals surface area contributed by atoms with Gasteiger partial charge in [0.2, 0.25) is 0 Å². The first-order valence-electron chi connectivity index (χ1n) is 16.7. The first-order valence-corrected chi connectivity index (χ1v) is 16.7. The van der Waals surface area contributed by atoms with E-state index in [4.69, 9.17) is 9.47 Å². The van der Waals surface area contributed by atoms with Crippen molar-refractivity contribution in [3.05, 3.63) is 182 Å². The summed E-state index contributed by atoms with van der Waals surface area (Å²) in [5.74, 6) is 1.66. The summed E-state index contributed by atoms with van der Waals surface area (Å²) in [6, 6.07) is 64.2. The van der Waals surface area contributed by atoms with Gasteiger partial charge in [-0.1, -0.05) is 84.9 Å². The normalized spacial score (nSPS) is 11.0. The van der Waals surface area contributed by atoms with E-state index in [0.29, 0.717) is 0 Å². The van der Waals surface area contributed by atoms with Crippen LogP contribution >= 0.6 is 0 Å².